The molecule has 0 saturated heterocycles. The summed E-state index contributed by atoms with van der Waals surface area (Å²) >= 11 is 29.8. The van der Waals surface area contributed by atoms with E-state index in [0.717, 1.165) is 58.8 Å². The van der Waals surface area contributed by atoms with Crippen LogP contribution in [0.25, 0.3) is 41.8 Å². The predicted molar refractivity (Wildman–Crippen MR) is 394 cm³/mol. The fourth-order valence-electron chi connectivity index (χ4n) is 9.37. The number of anilines is 4. The maximum atomic E-state index is 13.6. The summed E-state index contributed by atoms with van der Waals surface area (Å²) < 4.78 is 14.5. The Hall–Kier alpha value is -8.30. The third-order valence-corrected chi connectivity index (χ3v) is 19.3. The molecule has 0 aliphatic rings. The van der Waals surface area contributed by atoms with Crippen LogP contribution in [-0.4, -0.2) is 78.7 Å². The van der Waals surface area contributed by atoms with Crippen LogP contribution in [0, 0.1) is 0 Å². The number of rotatable bonds is 13. The number of amides is 2. The van der Waals surface area contributed by atoms with Crippen LogP contribution >= 0.6 is 91.8 Å². The molecule has 0 spiro atoms. The van der Waals surface area contributed by atoms with Gasteiger partial charge in [-0.3, -0.25) is 9.59 Å². The predicted octanol–water partition coefficient (Wildman–Crippen LogP) is 21.0. The van der Waals surface area contributed by atoms with Crippen molar-refractivity contribution >= 4 is 150 Å². The van der Waals surface area contributed by atoms with Gasteiger partial charge in [0.1, 0.15) is 19.5 Å². The summed E-state index contributed by atoms with van der Waals surface area (Å²) in [7, 11) is 4.09. The zero-order valence-corrected chi connectivity index (χ0v) is 60.3. The van der Waals surface area contributed by atoms with Crippen molar-refractivity contribution in [2.75, 3.05) is 42.2 Å². The number of carbonyl (C=O) groups is 6. The van der Waals surface area contributed by atoms with Gasteiger partial charge in [0.15, 0.2) is 0 Å². The quantitative estimate of drug-likeness (QED) is 0.0731. The number of carboxylic acids is 1. The molecule has 4 heterocycles. The Balaban J connectivity index is 0.000000184. The molecule has 0 radical (unpaired) electrons. The van der Waals surface area contributed by atoms with Crippen molar-refractivity contribution in [2.24, 2.45) is 0 Å². The monoisotopic (exact) mass is 1430 g/mol. The summed E-state index contributed by atoms with van der Waals surface area (Å²) in [5.74, 6) is -2.99. The molecule has 494 valence electrons. The second-order valence-corrected chi connectivity index (χ2v) is 29.8. The van der Waals surface area contributed by atoms with Gasteiger partial charge in [0.05, 0.1) is 65.3 Å². The van der Waals surface area contributed by atoms with Crippen LogP contribution in [0.2, 0.25) is 20.1 Å². The van der Waals surface area contributed by atoms with E-state index in [4.69, 9.17) is 61.6 Å². The van der Waals surface area contributed by atoms with Crippen molar-refractivity contribution in [3.05, 3.63) is 233 Å². The number of esters is 3. The Morgan fingerprint density at radius 1 is 0.421 bits per heavy atom. The highest BCUT2D eigenvalue weighted by Gasteiger charge is 2.37. The van der Waals surface area contributed by atoms with Crippen molar-refractivity contribution in [1.82, 2.24) is 0 Å². The molecule has 0 fully saturated rings. The Morgan fingerprint density at radius 2 is 0.737 bits per heavy atom. The lowest BCUT2D eigenvalue weighted by molar-refractivity contribution is 0.0597. The van der Waals surface area contributed by atoms with Crippen LogP contribution < -0.4 is 20.9 Å². The van der Waals surface area contributed by atoms with Gasteiger partial charge in [-0.1, -0.05) is 168 Å². The molecule has 0 aliphatic carbocycles. The first-order valence-electron chi connectivity index (χ1n) is 29.2. The number of nitrogens with two attached hydrogens (primary N) is 1. The molecule has 22 heteroatoms. The summed E-state index contributed by atoms with van der Waals surface area (Å²) in [6.07, 6.45) is 0. The molecular weight excluding hydrogens is 1360 g/mol. The molecule has 6 aromatic carbocycles. The minimum Gasteiger partial charge on any atom is -0.477 e. The van der Waals surface area contributed by atoms with Gasteiger partial charge in [-0.15, -0.1) is 45.3 Å². The fourth-order valence-corrected chi connectivity index (χ4v) is 14.4. The number of thiophene rings is 4. The lowest BCUT2D eigenvalue weighted by Crippen LogP contribution is -2.46. The number of methoxy groups -OCH3 is 3. The standard InChI is InChI=1S/C23H21Cl2NO3S.C22H19Cl2NO3S.C16H19NO2S.C12H11NO2S/c1-23(2,3)26(21(27)16-11-10-15(24)12-17(16)25)18-13-19(14-8-6-5-7-9-14)30-20(18)22(28)29-4;1-22(2,3)25(20(26)15-10-9-14(23)11-16(15)24)17-12-18(29-19(17)21(27)28)13-7-5-4-6-8-13;1-16(2,3)17-12-10-13(11-8-6-5-7-9-11)20-14(12)15(18)19-4;1-15-12(14)11-9(13)7-10(16-11)8-5-3-2-4-6-8/h5-13H,1-4H3;4-12H,1-3H3,(H,27,28);5-10,17H,1-4H3;2-7H,13H2,1H3. The van der Waals surface area contributed by atoms with Crippen molar-refractivity contribution in [3.63, 3.8) is 0 Å². The zero-order chi connectivity index (χ0) is 69.7. The number of benzene rings is 6. The molecule has 10 aromatic rings. The van der Waals surface area contributed by atoms with E-state index in [2.05, 4.69) is 30.8 Å². The van der Waals surface area contributed by atoms with E-state index in [9.17, 15) is 33.9 Å². The van der Waals surface area contributed by atoms with Crippen LogP contribution in [0.4, 0.5) is 22.7 Å². The van der Waals surface area contributed by atoms with Gasteiger partial charge in [0.2, 0.25) is 0 Å². The van der Waals surface area contributed by atoms with E-state index in [1.165, 1.54) is 72.4 Å². The van der Waals surface area contributed by atoms with Gasteiger partial charge >= 0.3 is 23.9 Å². The van der Waals surface area contributed by atoms with E-state index < -0.39 is 23.0 Å². The Bertz CT molecular complexity index is 4340. The van der Waals surface area contributed by atoms with Crippen molar-refractivity contribution in [3.8, 4) is 41.8 Å². The normalized spacial score (nSPS) is 11.1. The summed E-state index contributed by atoms with van der Waals surface area (Å²) in [5.41, 5.74) is 11.0. The summed E-state index contributed by atoms with van der Waals surface area (Å²) in [5, 5.41) is 14.5. The minimum absolute atomic E-state index is 0.0946. The molecule has 4 aromatic heterocycles. The molecule has 0 atom stereocenters. The molecule has 0 unspecified atom stereocenters. The molecule has 0 saturated carbocycles. The number of hydrogen-bond acceptors (Lipinski definition) is 15. The smallest absolute Gasteiger partial charge is 0.350 e. The second kappa shape index (κ2) is 32.4. The number of carboxylic acid groups (broad SMARTS) is 1. The van der Waals surface area contributed by atoms with Gasteiger partial charge in [-0.05, 0) is 145 Å². The van der Waals surface area contributed by atoms with Crippen LogP contribution in [0.15, 0.2) is 182 Å². The van der Waals surface area contributed by atoms with E-state index in [-0.39, 0.29) is 49.8 Å². The highest BCUT2D eigenvalue weighted by Crippen LogP contribution is 2.44. The summed E-state index contributed by atoms with van der Waals surface area (Å²) in [6.45, 7) is 17.4. The second-order valence-electron chi connectivity index (χ2n) is 23.9. The zero-order valence-electron chi connectivity index (χ0n) is 54.1. The Morgan fingerprint density at radius 3 is 1.08 bits per heavy atom. The molecule has 95 heavy (non-hydrogen) atoms. The number of halogens is 4. The first-order valence-corrected chi connectivity index (χ1v) is 34.0. The number of hydrogen-bond donors (Lipinski definition) is 3. The van der Waals surface area contributed by atoms with E-state index in [1.807, 2.05) is 175 Å². The highest BCUT2D eigenvalue weighted by molar-refractivity contribution is 7.19. The summed E-state index contributed by atoms with van der Waals surface area (Å²) in [6, 6.07) is 55.7. The fraction of sp³-hybridized carbons (Fsp3) is 0.205. The number of ether oxygens (including phenoxy) is 3. The molecule has 2 amide bonds. The third-order valence-electron chi connectivity index (χ3n) is 13.5. The Kier molecular flexibility index (Phi) is 25.3. The average molecular weight is 1430 g/mol. The van der Waals surface area contributed by atoms with Crippen LogP contribution in [0.5, 0.6) is 0 Å². The van der Waals surface area contributed by atoms with Crippen molar-refractivity contribution in [1.29, 1.82) is 0 Å². The van der Waals surface area contributed by atoms with Gasteiger partial charge in [0.25, 0.3) is 11.8 Å². The number of carbonyl (C=O) groups excluding carboxylic acids is 5. The molecule has 0 aliphatic heterocycles. The largest absolute Gasteiger partial charge is 0.477 e. The van der Waals surface area contributed by atoms with Crippen LogP contribution in [0.1, 0.15) is 122 Å². The summed E-state index contributed by atoms with van der Waals surface area (Å²) in [4.78, 5) is 83.2. The number of nitrogens with zero attached hydrogens (tertiary/aromatic N) is 2. The molecule has 14 nitrogen and oxygen atoms in total. The van der Waals surface area contributed by atoms with Crippen molar-refractivity contribution < 1.29 is 48.1 Å². The molecule has 4 N–H and O–H groups in total. The van der Waals surface area contributed by atoms with Crippen molar-refractivity contribution in [2.45, 2.75) is 78.9 Å². The maximum absolute atomic E-state index is 13.6. The van der Waals surface area contributed by atoms with E-state index in [1.54, 1.807) is 41.3 Å². The van der Waals surface area contributed by atoms with Gasteiger partial charge in [-0.25, -0.2) is 19.2 Å². The lowest BCUT2D eigenvalue weighted by atomic mass is 10.0. The Labute approximate surface area is 589 Å². The molecular formula is C73H70Cl4N4O10S4. The average Bonchev–Trinajstić information content (AvgIpc) is 1.73. The van der Waals surface area contributed by atoms with Gasteiger partial charge in [0, 0.05) is 46.2 Å². The topological polar surface area (TPSA) is 195 Å². The van der Waals surface area contributed by atoms with E-state index >= 15 is 0 Å². The van der Waals surface area contributed by atoms with Crippen LogP contribution in [-0.2, 0) is 14.2 Å². The first kappa shape index (κ1) is 74.1. The molecule has 0 bridgehead atoms. The SMILES string of the molecule is CC(C)(C)N(C(=O)c1ccc(Cl)cc1Cl)c1cc(-c2ccccc2)sc1C(=O)O.COC(=O)c1sc(-c2ccccc2)cc1N.COC(=O)c1sc(-c2ccccc2)cc1N(C(=O)c1ccc(Cl)cc1Cl)C(C)(C)C.COC(=O)c1sc(-c2ccccc2)cc1NC(C)(C)C. The van der Waals surface area contributed by atoms with Gasteiger partial charge < -0.3 is 40.2 Å². The number of nitrogens with one attached hydrogen (secondary N) is 1. The first-order chi connectivity index (χ1) is 44.8. The maximum Gasteiger partial charge on any atom is 0.350 e. The van der Waals surface area contributed by atoms with E-state index in [0.29, 0.717) is 47.3 Å². The number of nitrogen functional groups attached to an aromatic ring is 1. The van der Waals surface area contributed by atoms with Crippen LogP contribution in [0.3, 0.4) is 0 Å². The minimum atomic E-state index is -1.09. The van der Waals surface area contributed by atoms with Gasteiger partial charge in [-0.2, -0.15) is 0 Å². The number of aromatic carboxylic acids is 1. The highest BCUT2D eigenvalue weighted by atomic mass is 35.5. The third kappa shape index (κ3) is 19.2. The molecule has 10 rings (SSSR count). The lowest BCUT2D eigenvalue weighted by Gasteiger charge is -2.36.